The number of nitrogens with zero attached hydrogens (tertiary/aromatic N) is 2. The monoisotopic (exact) mass is 291 g/mol. The zero-order chi connectivity index (χ0) is 14.1. The first-order valence-corrected chi connectivity index (χ1v) is 7.52. The molecule has 2 heterocycles. The van der Waals surface area contributed by atoms with Gasteiger partial charge in [-0.1, -0.05) is 6.07 Å². The Morgan fingerprint density at radius 2 is 2.35 bits per heavy atom. The van der Waals surface area contributed by atoms with Crippen LogP contribution in [0.2, 0.25) is 0 Å². The van der Waals surface area contributed by atoms with Crippen molar-refractivity contribution in [2.75, 3.05) is 5.88 Å². The smallest absolute Gasteiger partial charge is 0.220 e. The second kappa shape index (κ2) is 5.44. The molecule has 1 fully saturated rings. The standard InChI is InChI=1S/C15H18ClN3O/c1-10-2-4-13-12(8-10)18-14(6-7-16)19(13)9-11-3-5-15(20)17-11/h2,4,8,11H,3,5-7,9H2,1H3,(H,17,20). The van der Waals surface area contributed by atoms with Crippen LogP contribution in [0.5, 0.6) is 0 Å². The Labute approximate surface area is 123 Å². The Balaban J connectivity index is 1.97. The number of aromatic nitrogens is 2. The molecule has 4 nitrogen and oxygen atoms in total. The van der Waals surface area contributed by atoms with E-state index < -0.39 is 0 Å². The fourth-order valence-electron chi connectivity index (χ4n) is 2.80. The predicted octanol–water partition coefficient (Wildman–Crippen LogP) is 2.40. The third-order valence-corrected chi connectivity index (χ3v) is 3.98. The minimum Gasteiger partial charge on any atom is -0.352 e. The molecule has 20 heavy (non-hydrogen) atoms. The van der Waals surface area contributed by atoms with Gasteiger partial charge in [0.05, 0.1) is 11.0 Å². The summed E-state index contributed by atoms with van der Waals surface area (Å²) in [5.41, 5.74) is 3.33. The molecular weight excluding hydrogens is 274 g/mol. The maximum Gasteiger partial charge on any atom is 0.220 e. The number of hydrogen-bond acceptors (Lipinski definition) is 2. The number of amides is 1. The van der Waals surface area contributed by atoms with Crippen LogP contribution < -0.4 is 5.32 Å². The first-order chi connectivity index (χ1) is 9.67. The van der Waals surface area contributed by atoms with E-state index in [9.17, 15) is 4.79 Å². The molecule has 1 aromatic heterocycles. The van der Waals surface area contributed by atoms with Gasteiger partial charge in [-0.05, 0) is 31.0 Å². The molecule has 0 spiro atoms. The van der Waals surface area contributed by atoms with Gasteiger partial charge in [0.2, 0.25) is 5.91 Å². The Morgan fingerprint density at radius 3 is 3.05 bits per heavy atom. The number of aryl methyl sites for hydroxylation is 2. The first-order valence-electron chi connectivity index (χ1n) is 6.98. The zero-order valence-corrected chi connectivity index (χ0v) is 12.3. The average molecular weight is 292 g/mol. The normalized spacial score (nSPS) is 18.7. The molecule has 1 N–H and O–H groups in total. The minimum atomic E-state index is 0.147. The van der Waals surface area contributed by atoms with E-state index in [-0.39, 0.29) is 11.9 Å². The Hall–Kier alpha value is -1.55. The summed E-state index contributed by atoms with van der Waals surface area (Å²) in [5, 5.41) is 3.02. The molecule has 1 atom stereocenters. The van der Waals surface area contributed by atoms with E-state index in [2.05, 4.69) is 35.0 Å². The molecule has 2 aromatic rings. The topological polar surface area (TPSA) is 46.9 Å². The van der Waals surface area contributed by atoms with Gasteiger partial charge in [0.1, 0.15) is 5.82 Å². The summed E-state index contributed by atoms with van der Waals surface area (Å²) < 4.78 is 2.20. The zero-order valence-electron chi connectivity index (χ0n) is 11.5. The third kappa shape index (κ3) is 2.52. The number of imidazole rings is 1. The number of halogens is 1. The van der Waals surface area contributed by atoms with Gasteiger partial charge in [0.15, 0.2) is 0 Å². The lowest BCUT2D eigenvalue weighted by Gasteiger charge is -2.14. The quantitative estimate of drug-likeness (QED) is 0.879. The molecule has 1 aliphatic heterocycles. The molecule has 3 rings (SSSR count). The van der Waals surface area contributed by atoms with Gasteiger partial charge in [-0.15, -0.1) is 11.6 Å². The number of alkyl halides is 1. The fraction of sp³-hybridized carbons (Fsp3) is 0.467. The molecule has 1 saturated heterocycles. The largest absolute Gasteiger partial charge is 0.352 e. The van der Waals surface area contributed by atoms with E-state index in [4.69, 9.17) is 16.6 Å². The SMILES string of the molecule is Cc1ccc2c(c1)nc(CCCl)n2CC1CCC(=O)N1. The van der Waals surface area contributed by atoms with Crippen molar-refractivity contribution in [2.24, 2.45) is 0 Å². The van der Waals surface area contributed by atoms with Crippen molar-refractivity contribution >= 4 is 28.5 Å². The lowest BCUT2D eigenvalue weighted by atomic mass is 10.2. The summed E-state index contributed by atoms with van der Waals surface area (Å²) in [6.45, 7) is 2.84. The van der Waals surface area contributed by atoms with Crippen LogP contribution in [0, 0.1) is 6.92 Å². The van der Waals surface area contributed by atoms with E-state index in [1.54, 1.807) is 0 Å². The lowest BCUT2D eigenvalue weighted by molar-refractivity contribution is -0.119. The summed E-state index contributed by atoms with van der Waals surface area (Å²) in [6, 6.07) is 6.50. The summed E-state index contributed by atoms with van der Waals surface area (Å²) >= 11 is 5.88. The fourth-order valence-corrected chi connectivity index (χ4v) is 2.97. The maximum atomic E-state index is 11.3. The molecule has 1 aromatic carbocycles. The molecule has 106 valence electrons. The number of benzene rings is 1. The maximum absolute atomic E-state index is 11.3. The van der Waals surface area contributed by atoms with Crippen LogP contribution in [-0.4, -0.2) is 27.4 Å². The van der Waals surface area contributed by atoms with E-state index in [0.717, 1.165) is 36.2 Å². The van der Waals surface area contributed by atoms with Crippen LogP contribution in [0.1, 0.15) is 24.2 Å². The van der Waals surface area contributed by atoms with E-state index in [1.165, 1.54) is 5.56 Å². The van der Waals surface area contributed by atoms with Crippen molar-refractivity contribution in [1.82, 2.24) is 14.9 Å². The first kappa shape index (κ1) is 13.4. The summed E-state index contributed by atoms with van der Waals surface area (Å²) in [4.78, 5) is 16.0. The third-order valence-electron chi connectivity index (χ3n) is 3.79. The molecule has 0 aliphatic carbocycles. The van der Waals surface area contributed by atoms with Crippen molar-refractivity contribution in [3.8, 4) is 0 Å². The van der Waals surface area contributed by atoms with Gasteiger partial charge in [-0.25, -0.2) is 4.98 Å². The van der Waals surface area contributed by atoms with Crippen LogP contribution in [0.15, 0.2) is 18.2 Å². The Kier molecular flexibility index (Phi) is 3.66. The van der Waals surface area contributed by atoms with Crippen LogP contribution in [0.3, 0.4) is 0 Å². The van der Waals surface area contributed by atoms with Gasteiger partial charge in [0, 0.05) is 31.3 Å². The summed E-state index contributed by atoms with van der Waals surface area (Å²) in [5.74, 6) is 1.70. The van der Waals surface area contributed by atoms with Gasteiger partial charge in [-0.2, -0.15) is 0 Å². The van der Waals surface area contributed by atoms with Gasteiger partial charge < -0.3 is 9.88 Å². The van der Waals surface area contributed by atoms with Crippen LogP contribution in [0.25, 0.3) is 11.0 Å². The van der Waals surface area contributed by atoms with Crippen molar-refractivity contribution in [2.45, 2.75) is 38.8 Å². The van der Waals surface area contributed by atoms with Gasteiger partial charge in [-0.3, -0.25) is 4.79 Å². The van der Waals surface area contributed by atoms with E-state index in [1.807, 2.05) is 0 Å². The van der Waals surface area contributed by atoms with Gasteiger partial charge >= 0.3 is 0 Å². The second-order valence-corrected chi connectivity index (χ2v) is 5.75. The molecule has 1 unspecified atom stereocenters. The molecule has 0 saturated carbocycles. The number of nitrogens with one attached hydrogen (secondary N) is 1. The highest BCUT2D eigenvalue weighted by molar-refractivity contribution is 6.17. The lowest BCUT2D eigenvalue weighted by Crippen LogP contribution is -2.30. The summed E-state index contributed by atoms with van der Waals surface area (Å²) in [6.07, 6.45) is 2.27. The molecule has 0 bridgehead atoms. The van der Waals surface area contributed by atoms with E-state index >= 15 is 0 Å². The molecule has 1 amide bonds. The summed E-state index contributed by atoms with van der Waals surface area (Å²) in [7, 11) is 0. The molecular formula is C15H18ClN3O. The van der Waals surface area contributed by atoms with Crippen molar-refractivity contribution in [3.05, 3.63) is 29.6 Å². The van der Waals surface area contributed by atoms with Crippen LogP contribution in [-0.2, 0) is 17.8 Å². The number of hydrogen-bond donors (Lipinski definition) is 1. The number of carbonyl (C=O) groups is 1. The molecule has 1 aliphatic rings. The average Bonchev–Trinajstić information content (AvgIpc) is 2.95. The second-order valence-electron chi connectivity index (χ2n) is 5.37. The highest BCUT2D eigenvalue weighted by Gasteiger charge is 2.23. The number of fused-ring (bicyclic) bond motifs is 1. The van der Waals surface area contributed by atoms with Crippen molar-refractivity contribution < 1.29 is 4.79 Å². The molecule has 0 radical (unpaired) electrons. The molecule has 5 heteroatoms. The van der Waals surface area contributed by atoms with Gasteiger partial charge in [0.25, 0.3) is 0 Å². The number of rotatable bonds is 4. The van der Waals surface area contributed by atoms with Crippen molar-refractivity contribution in [1.29, 1.82) is 0 Å². The van der Waals surface area contributed by atoms with Crippen LogP contribution >= 0.6 is 11.6 Å². The highest BCUT2D eigenvalue weighted by atomic mass is 35.5. The Morgan fingerprint density at radius 1 is 1.50 bits per heavy atom. The van der Waals surface area contributed by atoms with Crippen molar-refractivity contribution in [3.63, 3.8) is 0 Å². The van der Waals surface area contributed by atoms with E-state index in [0.29, 0.717) is 12.3 Å². The Bertz CT molecular complexity index is 650. The number of carbonyl (C=O) groups excluding carboxylic acids is 1. The minimum absolute atomic E-state index is 0.147. The highest BCUT2D eigenvalue weighted by Crippen LogP contribution is 2.20. The van der Waals surface area contributed by atoms with Crippen LogP contribution in [0.4, 0.5) is 0 Å². The predicted molar refractivity (Wildman–Crippen MR) is 80.1 cm³/mol.